The second-order valence-electron chi connectivity index (χ2n) is 6.00. The normalized spacial score (nSPS) is 18.3. The number of pyridine rings is 1. The van der Waals surface area contributed by atoms with E-state index in [-0.39, 0.29) is 30.5 Å². The summed E-state index contributed by atoms with van der Waals surface area (Å²) in [6, 6.07) is 5.92. The summed E-state index contributed by atoms with van der Waals surface area (Å²) in [6.45, 7) is 0.0373. The second kappa shape index (κ2) is 7.34. The molecule has 4 rings (SSSR count). The standard InChI is InChI=1S/C17H14F2N4O4S/c18-13-4-3-12(8-14(13)19)28(24,25)23-6-7-26-15(10-23)17-21-16(22-27-17)11-2-1-5-20-9-11/h1-5,8-9,15H,6-7,10H2/t15-/m0/s1. The zero-order chi connectivity index (χ0) is 19.7. The van der Waals surface area contributed by atoms with Crippen LogP contribution in [-0.2, 0) is 14.8 Å². The third-order valence-electron chi connectivity index (χ3n) is 4.19. The summed E-state index contributed by atoms with van der Waals surface area (Å²) in [4.78, 5) is 7.88. The van der Waals surface area contributed by atoms with E-state index in [1.807, 2.05) is 0 Å². The predicted molar refractivity (Wildman–Crippen MR) is 91.3 cm³/mol. The van der Waals surface area contributed by atoms with Crippen molar-refractivity contribution in [1.29, 1.82) is 0 Å². The van der Waals surface area contributed by atoms with E-state index in [0.29, 0.717) is 17.5 Å². The van der Waals surface area contributed by atoms with E-state index in [4.69, 9.17) is 9.26 Å². The quantitative estimate of drug-likeness (QED) is 0.652. The Morgan fingerprint density at radius 2 is 2.04 bits per heavy atom. The lowest BCUT2D eigenvalue weighted by molar-refractivity contribution is -0.0199. The van der Waals surface area contributed by atoms with Crippen LogP contribution in [0.3, 0.4) is 0 Å². The van der Waals surface area contributed by atoms with Crippen LogP contribution < -0.4 is 0 Å². The number of hydrogen-bond acceptors (Lipinski definition) is 7. The van der Waals surface area contributed by atoms with Gasteiger partial charge in [0.2, 0.25) is 15.8 Å². The minimum atomic E-state index is -4.04. The van der Waals surface area contributed by atoms with Crippen molar-refractivity contribution in [3.8, 4) is 11.4 Å². The Morgan fingerprint density at radius 1 is 1.18 bits per heavy atom. The fourth-order valence-electron chi connectivity index (χ4n) is 2.76. The molecule has 146 valence electrons. The molecule has 0 saturated carbocycles. The first-order valence-electron chi connectivity index (χ1n) is 8.26. The highest BCUT2D eigenvalue weighted by Gasteiger charge is 2.34. The number of halogens is 2. The fraction of sp³-hybridized carbons (Fsp3) is 0.235. The molecule has 0 unspecified atom stereocenters. The van der Waals surface area contributed by atoms with Crippen LogP contribution in [0.5, 0.6) is 0 Å². The smallest absolute Gasteiger partial charge is 0.257 e. The number of rotatable bonds is 4. The molecule has 8 nitrogen and oxygen atoms in total. The molecule has 0 amide bonds. The van der Waals surface area contributed by atoms with Gasteiger partial charge in [-0.1, -0.05) is 5.16 Å². The van der Waals surface area contributed by atoms with Crippen LogP contribution in [0.15, 0.2) is 52.1 Å². The van der Waals surface area contributed by atoms with Crippen LogP contribution in [0.2, 0.25) is 0 Å². The highest BCUT2D eigenvalue weighted by Crippen LogP contribution is 2.27. The minimum Gasteiger partial charge on any atom is -0.366 e. The molecular formula is C17H14F2N4O4S. The van der Waals surface area contributed by atoms with Crippen molar-refractivity contribution in [2.45, 2.75) is 11.0 Å². The van der Waals surface area contributed by atoms with Crippen molar-refractivity contribution in [2.75, 3.05) is 19.7 Å². The number of ether oxygens (including phenoxy) is 1. The van der Waals surface area contributed by atoms with Gasteiger partial charge in [-0.15, -0.1) is 0 Å². The van der Waals surface area contributed by atoms with Gasteiger partial charge in [0.15, 0.2) is 17.7 Å². The van der Waals surface area contributed by atoms with Gasteiger partial charge in [0.05, 0.1) is 11.5 Å². The van der Waals surface area contributed by atoms with Crippen molar-refractivity contribution in [3.63, 3.8) is 0 Å². The van der Waals surface area contributed by atoms with Crippen molar-refractivity contribution < 1.29 is 26.5 Å². The van der Waals surface area contributed by atoms with Crippen LogP contribution in [0.25, 0.3) is 11.4 Å². The number of nitrogens with zero attached hydrogens (tertiary/aromatic N) is 4. The molecule has 1 aliphatic rings. The monoisotopic (exact) mass is 408 g/mol. The highest BCUT2D eigenvalue weighted by atomic mass is 32.2. The number of benzene rings is 1. The van der Waals surface area contributed by atoms with Crippen LogP contribution >= 0.6 is 0 Å². The van der Waals surface area contributed by atoms with E-state index in [0.717, 1.165) is 16.4 Å². The molecule has 1 fully saturated rings. The Morgan fingerprint density at radius 3 is 2.79 bits per heavy atom. The van der Waals surface area contributed by atoms with E-state index < -0.39 is 27.8 Å². The van der Waals surface area contributed by atoms with Crippen molar-refractivity contribution in [3.05, 3.63) is 60.3 Å². The third-order valence-corrected chi connectivity index (χ3v) is 6.06. The van der Waals surface area contributed by atoms with E-state index in [9.17, 15) is 17.2 Å². The first-order chi connectivity index (χ1) is 13.4. The SMILES string of the molecule is O=S(=O)(c1ccc(F)c(F)c1)N1CCO[C@H](c2nc(-c3cccnc3)no2)C1. The molecule has 0 radical (unpaired) electrons. The lowest BCUT2D eigenvalue weighted by Crippen LogP contribution is -2.42. The van der Waals surface area contributed by atoms with Gasteiger partial charge in [-0.3, -0.25) is 4.98 Å². The lowest BCUT2D eigenvalue weighted by atomic mass is 10.2. The fourth-order valence-corrected chi connectivity index (χ4v) is 4.20. The number of hydrogen-bond donors (Lipinski definition) is 0. The molecule has 0 aliphatic carbocycles. The molecule has 0 spiro atoms. The highest BCUT2D eigenvalue weighted by molar-refractivity contribution is 7.89. The van der Waals surface area contributed by atoms with Crippen LogP contribution in [-0.4, -0.2) is 47.5 Å². The Hall–Kier alpha value is -2.76. The summed E-state index contributed by atoms with van der Waals surface area (Å²) in [5, 5.41) is 3.86. The predicted octanol–water partition coefficient (Wildman–Crippen LogP) is 2.17. The average Bonchev–Trinajstić information content (AvgIpc) is 3.21. The molecular weight excluding hydrogens is 394 g/mol. The summed E-state index contributed by atoms with van der Waals surface area (Å²) in [5.41, 5.74) is 0.638. The molecule has 3 heterocycles. The van der Waals surface area contributed by atoms with Gasteiger partial charge in [-0.25, -0.2) is 17.2 Å². The van der Waals surface area contributed by atoms with Crippen LogP contribution in [0.1, 0.15) is 12.0 Å². The van der Waals surface area contributed by atoms with E-state index in [2.05, 4.69) is 15.1 Å². The largest absolute Gasteiger partial charge is 0.366 e. The molecule has 0 N–H and O–H groups in total. The Bertz CT molecular complexity index is 1090. The molecule has 1 saturated heterocycles. The summed E-state index contributed by atoms with van der Waals surface area (Å²) in [7, 11) is -4.04. The number of morpholine rings is 1. The van der Waals surface area contributed by atoms with Gasteiger partial charge >= 0.3 is 0 Å². The number of aromatic nitrogens is 3. The summed E-state index contributed by atoms with van der Waals surface area (Å²) < 4.78 is 64.0. The minimum absolute atomic E-state index is 0.0570. The van der Waals surface area contributed by atoms with Gasteiger partial charge in [0.1, 0.15) is 0 Å². The summed E-state index contributed by atoms with van der Waals surface area (Å²) in [6.07, 6.45) is 2.39. The topological polar surface area (TPSA) is 98.4 Å². The molecule has 2 aromatic heterocycles. The molecule has 28 heavy (non-hydrogen) atoms. The van der Waals surface area contributed by atoms with Crippen molar-refractivity contribution in [1.82, 2.24) is 19.4 Å². The first kappa shape index (κ1) is 18.6. The first-order valence-corrected chi connectivity index (χ1v) is 9.70. The maximum Gasteiger partial charge on any atom is 0.257 e. The summed E-state index contributed by atoms with van der Waals surface area (Å²) >= 11 is 0. The van der Waals surface area contributed by atoms with Gasteiger partial charge < -0.3 is 9.26 Å². The Labute approximate surface area is 158 Å². The van der Waals surface area contributed by atoms with Crippen LogP contribution in [0, 0.1) is 11.6 Å². The zero-order valence-electron chi connectivity index (χ0n) is 14.3. The van der Waals surface area contributed by atoms with Gasteiger partial charge in [-0.05, 0) is 30.3 Å². The average molecular weight is 408 g/mol. The molecule has 11 heteroatoms. The third kappa shape index (κ3) is 3.51. The van der Waals surface area contributed by atoms with E-state index >= 15 is 0 Å². The molecule has 1 aromatic carbocycles. The van der Waals surface area contributed by atoms with Gasteiger partial charge in [0, 0.05) is 31.0 Å². The number of sulfonamides is 1. The van der Waals surface area contributed by atoms with Crippen molar-refractivity contribution in [2.24, 2.45) is 0 Å². The summed E-state index contributed by atoms with van der Waals surface area (Å²) in [5.74, 6) is -1.94. The molecule has 0 bridgehead atoms. The van der Waals surface area contributed by atoms with Gasteiger partial charge in [0.25, 0.3) is 5.89 Å². The van der Waals surface area contributed by atoms with E-state index in [1.54, 1.807) is 24.5 Å². The molecule has 1 atom stereocenters. The van der Waals surface area contributed by atoms with Crippen molar-refractivity contribution >= 4 is 10.0 Å². The maximum absolute atomic E-state index is 13.5. The molecule has 1 aliphatic heterocycles. The lowest BCUT2D eigenvalue weighted by Gasteiger charge is -2.30. The zero-order valence-corrected chi connectivity index (χ0v) is 15.1. The van der Waals surface area contributed by atoms with Crippen LogP contribution in [0.4, 0.5) is 8.78 Å². The Balaban J connectivity index is 1.56. The van der Waals surface area contributed by atoms with E-state index in [1.165, 1.54) is 0 Å². The molecule has 3 aromatic rings. The maximum atomic E-state index is 13.5. The second-order valence-corrected chi connectivity index (χ2v) is 7.93. The van der Waals surface area contributed by atoms with Gasteiger partial charge in [-0.2, -0.15) is 9.29 Å². The Kier molecular flexibility index (Phi) is 4.87.